The van der Waals surface area contributed by atoms with E-state index in [0.717, 1.165) is 6.29 Å². The van der Waals surface area contributed by atoms with E-state index in [2.05, 4.69) is 9.97 Å². The molecule has 3 heterocycles. The quantitative estimate of drug-likeness (QED) is 0.752. The molecular weight excluding hydrogens is 296 g/mol. The zero-order chi connectivity index (χ0) is 16.1. The normalized spacial score (nSPS) is 14.7. The first-order valence-electron chi connectivity index (χ1n) is 7.59. The van der Waals surface area contributed by atoms with Crippen molar-refractivity contribution >= 4 is 12.1 Å². The Labute approximate surface area is 133 Å². The molecule has 0 amide bonds. The molecule has 2 aromatic heterocycles. The molecule has 1 aliphatic heterocycles. The molecule has 0 atom stereocenters. The van der Waals surface area contributed by atoms with Crippen LogP contribution in [-0.2, 0) is 16.0 Å². The highest BCUT2D eigenvalue weighted by Gasteiger charge is 2.19. The highest BCUT2D eigenvalue weighted by molar-refractivity contribution is 5.50. The lowest BCUT2D eigenvalue weighted by Gasteiger charge is -2.28. The topological polar surface area (TPSA) is 77.3 Å². The van der Waals surface area contributed by atoms with Crippen LogP contribution in [0.15, 0.2) is 35.5 Å². The summed E-state index contributed by atoms with van der Waals surface area (Å²) in [6.45, 7) is 2.41. The minimum absolute atomic E-state index is 0.185. The number of carbonyl (C=O) groups excluding carboxylic acids is 1. The molecule has 1 fully saturated rings. The van der Waals surface area contributed by atoms with Gasteiger partial charge in [0, 0.05) is 31.9 Å². The highest BCUT2D eigenvalue weighted by Crippen LogP contribution is 2.12. The zero-order valence-corrected chi connectivity index (χ0v) is 12.7. The minimum atomic E-state index is -0.185. The van der Waals surface area contributed by atoms with Gasteiger partial charge in [0.15, 0.2) is 5.82 Å². The van der Waals surface area contributed by atoms with Gasteiger partial charge in [0.2, 0.25) is 0 Å². The molecule has 1 aliphatic rings. The van der Waals surface area contributed by atoms with Crippen LogP contribution < -0.4 is 10.5 Å². The van der Waals surface area contributed by atoms with Gasteiger partial charge in [0.1, 0.15) is 6.29 Å². The fourth-order valence-corrected chi connectivity index (χ4v) is 2.52. The maximum atomic E-state index is 12.8. The van der Waals surface area contributed by atoms with Crippen molar-refractivity contribution in [2.45, 2.75) is 12.8 Å². The van der Waals surface area contributed by atoms with Gasteiger partial charge >= 0.3 is 0 Å². The fraction of sp³-hybridized carbons (Fsp3) is 0.375. The molecule has 0 aliphatic carbocycles. The fourth-order valence-electron chi connectivity index (χ4n) is 2.52. The van der Waals surface area contributed by atoms with Gasteiger partial charge < -0.3 is 14.4 Å². The predicted molar refractivity (Wildman–Crippen MR) is 85.0 cm³/mol. The number of morpholine rings is 1. The Morgan fingerprint density at radius 3 is 2.83 bits per heavy atom. The van der Waals surface area contributed by atoms with Gasteiger partial charge in [-0.15, -0.1) is 0 Å². The summed E-state index contributed by atoms with van der Waals surface area (Å²) in [6, 6.07) is 3.60. The van der Waals surface area contributed by atoms with Crippen molar-refractivity contribution in [3.8, 4) is 5.69 Å². The maximum Gasteiger partial charge on any atom is 0.298 e. The third-order valence-electron chi connectivity index (χ3n) is 3.69. The van der Waals surface area contributed by atoms with Crippen LogP contribution in [0.1, 0.15) is 12.1 Å². The van der Waals surface area contributed by atoms with Crippen LogP contribution in [0.3, 0.4) is 0 Å². The van der Waals surface area contributed by atoms with E-state index in [1.807, 2.05) is 11.0 Å². The Bertz CT molecular complexity index is 724. The summed E-state index contributed by atoms with van der Waals surface area (Å²) in [5.41, 5.74) is 1.21. The van der Waals surface area contributed by atoms with E-state index in [4.69, 9.17) is 4.74 Å². The Morgan fingerprint density at radius 2 is 2.13 bits per heavy atom. The molecule has 1 saturated heterocycles. The highest BCUT2D eigenvalue weighted by atomic mass is 16.5. The number of anilines is 1. The molecule has 7 heteroatoms. The number of aromatic nitrogens is 3. The summed E-state index contributed by atoms with van der Waals surface area (Å²) in [4.78, 5) is 33.9. The first-order valence-corrected chi connectivity index (χ1v) is 7.59. The number of pyridine rings is 1. The van der Waals surface area contributed by atoms with Gasteiger partial charge in [0.05, 0.1) is 30.8 Å². The monoisotopic (exact) mass is 314 g/mol. The lowest BCUT2D eigenvalue weighted by atomic mass is 10.2. The van der Waals surface area contributed by atoms with E-state index in [-0.39, 0.29) is 5.56 Å². The first kappa shape index (κ1) is 15.4. The second kappa shape index (κ2) is 7.15. The van der Waals surface area contributed by atoms with E-state index >= 15 is 0 Å². The number of aldehydes is 1. The summed E-state index contributed by atoms with van der Waals surface area (Å²) < 4.78 is 6.88. The largest absolute Gasteiger partial charge is 0.378 e. The Morgan fingerprint density at radius 1 is 1.30 bits per heavy atom. The van der Waals surface area contributed by atoms with Crippen molar-refractivity contribution in [2.75, 3.05) is 31.2 Å². The first-order chi connectivity index (χ1) is 11.3. The molecule has 120 valence electrons. The minimum Gasteiger partial charge on any atom is -0.378 e. The number of ether oxygens (including phenoxy) is 1. The lowest BCUT2D eigenvalue weighted by molar-refractivity contribution is -0.107. The SMILES string of the molecule is O=CCCc1cn(-c2cccnc2)c(=O)c(N2CCOCC2)n1. The molecule has 23 heavy (non-hydrogen) atoms. The molecule has 0 unspecified atom stereocenters. The van der Waals surface area contributed by atoms with Gasteiger partial charge in [-0.2, -0.15) is 0 Å². The molecule has 2 aromatic rings. The van der Waals surface area contributed by atoms with Gasteiger partial charge in [0.25, 0.3) is 5.56 Å². The summed E-state index contributed by atoms with van der Waals surface area (Å²) in [6.07, 6.45) is 6.71. The maximum absolute atomic E-state index is 12.8. The van der Waals surface area contributed by atoms with Crippen LogP contribution in [0.25, 0.3) is 5.69 Å². The van der Waals surface area contributed by atoms with Crippen LogP contribution in [0.4, 0.5) is 5.82 Å². The second-order valence-electron chi connectivity index (χ2n) is 5.25. The second-order valence-corrected chi connectivity index (χ2v) is 5.25. The molecule has 0 N–H and O–H groups in total. The average molecular weight is 314 g/mol. The number of hydrogen-bond donors (Lipinski definition) is 0. The lowest BCUT2D eigenvalue weighted by Crippen LogP contribution is -2.41. The summed E-state index contributed by atoms with van der Waals surface area (Å²) in [5, 5.41) is 0. The van der Waals surface area contributed by atoms with E-state index in [9.17, 15) is 9.59 Å². The van der Waals surface area contributed by atoms with Crippen LogP contribution in [0.5, 0.6) is 0 Å². The number of hydrogen-bond acceptors (Lipinski definition) is 6. The molecule has 0 spiro atoms. The molecule has 7 nitrogen and oxygen atoms in total. The van der Waals surface area contributed by atoms with E-state index in [1.165, 1.54) is 0 Å². The zero-order valence-electron chi connectivity index (χ0n) is 12.7. The van der Waals surface area contributed by atoms with Gasteiger partial charge in [-0.05, 0) is 18.6 Å². The van der Waals surface area contributed by atoms with Crippen LogP contribution in [-0.4, -0.2) is 47.1 Å². The Kier molecular flexibility index (Phi) is 4.77. The predicted octanol–water partition coefficient (Wildman–Crippen LogP) is 0.596. The molecule has 0 aromatic carbocycles. The Hall–Kier alpha value is -2.54. The van der Waals surface area contributed by atoms with Crippen molar-refractivity contribution in [1.82, 2.24) is 14.5 Å². The third kappa shape index (κ3) is 3.45. The summed E-state index contributed by atoms with van der Waals surface area (Å²) in [7, 11) is 0. The smallest absolute Gasteiger partial charge is 0.298 e. The molecular formula is C16H18N4O3. The molecule has 3 rings (SSSR count). The molecule has 0 radical (unpaired) electrons. The van der Waals surface area contributed by atoms with Crippen molar-refractivity contribution in [3.05, 3.63) is 46.8 Å². The van der Waals surface area contributed by atoms with Crippen LogP contribution in [0.2, 0.25) is 0 Å². The third-order valence-corrected chi connectivity index (χ3v) is 3.69. The average Bonchev–Trinajstić information content (AvgIpc) is 2.62. The van der Waals surface area contributed by atoms with Crippen molar-refractivity contribution in [2.24, 2.45) is 0 Å². The van der Waals surface area contributed by atoms with E-state index in [0.29, 0.717) is 56.3 Å². The molecule has 0 bridgehead atoms. The van der Waals surface area contributed by atoms with Crippen molar-refractivity contribution < 1.29 is 9.53 Å². The van der Waals surface area contributed by atoms with Crippen LogP contribution >= 0.6 is 0 Å². The number of rotatable bonds is 5. The summed E-state index contributed by atoms with van der Waals surface area (Å²) in [5.74, 6) is 0.403. The van der Waals surface area contributed by atoms with E-state index in [1.54, 1.807) is 29.2 Å². The van der Waals surface area contributed by atoms with Gasteiger partial charge in [-0.25, -0.2) is 4.98 Å². The summed E-state index contributed by atoms with van der Waals surface area (Å²) >= 11 is 0. The van der Waals surface area contributed by atoms with Crippen molar-refractivity contribution in [3.63, 3.8) is 0 Å². The Balaban J connectivity index is 2.06. The van der Waals surface area contributed by atoms with Crippen molar-refractivity contribution in [1.29, 1.82) is 0 Å². The standard InChI is InChI=1S/C16H18N4O3/c21-8-2-3-13-12-20(14-4-1-5-17-11-14)16(22)15(18-13)19-6-9-23-10-7-19/h1,4-5,8,11-12H,2-3,6-7,9-10H2. The number of nitrogens with zero attached hydrogens (tertiary/aromatic N) is 4. The van der Waals surface area contributed by atoms with Crippen LogP contribution in [0, 0.1) is 0 Å². The van der Waals surface area contributed by atoms with E-state index < -0.39 is 0 Å². The number of carbonyl (C=O) groups is 1. The van der Waals surface area contributed by atoms with Gasteiger partial charge in [-0.3, -0.25) is 14.3 Å². The molecule has 0 saturated carbocycles. The number of aryl methyl sites for hydroxylation is 1. The van der Waals surface area contributed by atoms with Gasteiger partial charge in [-0.1, -0.05) is 0 Å².